The fourth-order valence-corrected chi connectivity index (χ4v) is 3.90. The lowest BCUT2D eigenvalue weighted by Gasteiger charge is -2.34. The first kappa shape index (κ1) is 18.0. The Balaban J connectivity index is 1.22. The van der Waals surface area contributed by atoms with E-state index in [4.69, 9.17) is 4.98 Å². The van der Waals surface area contributed by atoms with Gasteiger partial charge in [-0.2, -0.15) is 5.10 Å². The molecule has 0 bridgehead atoms. The van der Waals surface area contributed by atoms with Crippen molar-refractivity contribution in [2.75, 3.05) is 26.2 Å². The topological polar surface area (TPSA) is 49.6 Å². The second-order valence-corrected chi connectivity index (χ2v) is 7.53. The molecule has 0 saturated carbocycles. The zero-order valence-corrected chi connectivity index (χ0v) is 16.4. The summed E-state index contributed by atoms with van der Waals surface area (Å²) in [5.41, 5.74) is 5.45. The van der Waals surface area contributed by atoms with E-state index in [1.807, 2.05) is 47.4 Å². The van der Waals surface area contributed by atoms with E-state index in [9.17, 15) is 0 Å². The highest BCUT2D eigenvalue weighted by molar-refractivity contribution is 5.76. The number of benzene rings is 1. The first-order chi connectivity index (χ1) is 14.3. The molecule has 1 saturated heterocycles. The number of piperazine rings is 1. The van der Waals surface area contributed by atoms with Crippen molar-refractivity contribution < 1.29 is 0 Å². The maximum atomic E-state index is 4.71. The largest absolute Gasteiger partial charge is 0.296 e. The van der Waals surface area contributed by atoms with Gasteiger partial charge < -0.3 is 0 Å². The summed E-state index contributed by atoms with van der Waals surface area (Å²) < 4.78 is 1.90. The molecule has 0 spiro atoms. The molecule has 6 heteroatoms. The molecule has 1 aliphatic rings. The minimum absolute atomic E-state index is 0.903. The van der Waals surface area contributed by atoms with Gasteiger partial charge in [-0.15, -0.1) is 0 Å². The molecule has 6 nitrogen and oxygen atoms in total. The smallest absolute Gasteiger partial charge is 0.162 e. The van der Waals surface area contributed by atoms with Gasteiger partial charge >= 0.3 is 0 Å². The number of hydrogen-bond acceptors (Lipinski definition) is 5. The molecule has 29 heavy (non-hydrogen) atoms. The lowest BCUT2D eigenvalue weighted by atomic mass is 10.1. The van der Waals surface area contributed by atoms with Crippen molar-refractivity contribution in [3.05, 3.63) is 84.6 Å². The molecule has 4 aromatic rings. The lowest BCUT2D eigenvalue weighted by molar-refractivity contribution is 0.121. The summed E-state index contributed by atoms with van der Waals surface area (Å²) >= 11 is 0. The average molecular weight is 384 g/mol. The Morgan fingerprint density at radius 2 is 1.52 bits per heavy atom. The second-order valence-electron chi connectivity index (χ2n) is 7.53. The SMILES string of the molecule is c1ccc(-c2cnn3cc(CN4CCN(Cc5ccccn5)CC4)cnc23)cc1. The molecule has 0 radical (unpaired) electrons. The summed E-state index contributed by atoms with van der Waals surface area (Å²) in [4.78, 5) is 14.1. The van der Waals surface area contributed by atoms with E-state index < -0.39 is 0 Å². The van der Waals surface area contributed by atoms with Crippen LogP contribution in [0.4, 0.5) is 0 Å². The van der Waals surface area contributed by atoms with Crippen LogP contribution in [-0.4, -0.2) is 55.6 Å². The highest BCUT2D eigenvalue weighted by Crippen LogP contribution is 2.23. The zero-order chi connectivity index (χ0) is 19.5. The van der Waals surface area contributed by atoms with Gasteiger partial charge in [-0.25, -0.2) is 9.50 Å². The van der Waals surface area contributed by atoms with Gasteiger partial charge in [0.05, 0.1) is 11.9 Å². The van der Waals surface area contributed by atoms with Crippen LogP contribution in [0.2, 0.25) is 0 Å². The van der Waals surface area contributed by atoms with Crippen molar-refractivity contribution >= 4 is 5.65 Å². The monoisotopic (exact) mass is 384 g/mol. The van der Waals surface area contributed by atoms with Crippen LogP contribution >= 0.6 is 0 Å². The van der Waals surface area contributed by atoms with E-state index in [1.165, 1.54) is 5.56 Å². The maximum absolute atomic E-state index is 4.71. The van der Waals surface area contributed by atoms with Crippen molar-refractivity contribution in [2.24, 2.45) is 0 Å². The third-order valence-electron chi connectivity index (χ3n) is 5.48. The normalized spacial score (nSPS) is 15.7. The molecule has 4 heterocycles. The van der Waals surface area contributed by atoms with E-state index in [0.717, 1.165) is 61.7 Å². The molecule has 0 atom stereocenters. The Bertz CT molecular complexity index is 1070. The summed E-state index contributed by atoms with van der Waals surface area (Å²) in [6.07, 6.45) is 7.86. The second kappa shape index (κ2) is 8.11. The quantitative estimate of drug-likeness (QED) is 0.529. The number of nitrogens with zero attached hydrogens (tertiary/aromatic N) is 6. The highest BCUT2D eigenvalue weighted by Gasteiger charge is 2.18. The van der Waals surface area contributed by atoms with E-state index in [2.05, 4.69) is 50.3 Å². The van der Waals surface area contributed by atoms with Crippen molar-refractivity contribution in [3.8, 4) is 11.1 Å². The average Bonchev–Trinajstić information content (AvgIpc) is 3.20. The molecular weight excluding hydrogens is 360 g/mol. The Kier molecular flexibility index (Phi) is 5.02. The molecule has 3 aromatic heterocycles. The van der Waals surface area contributed by atoms with Gasteiger partial charge in [-0.1, -0.05) is 36.4 Å². The standard InChI is InChI=1S/C23H24N6/c1-2-6-20(7-3-1)22-15-26-29-17-19(14-25-23(22)29)16-27-10-12-28(13-11-27)18-21-8-4-5-9-24-21/h1-9,14-15,17H,10-13,16,18H2. The van der Waals surface area contributed by atoms with Crippen molar-refractivity contribution in [1.82, 2.24) is 29.4 Å². The first-order valence-electron chi connectivity index (χ1n) is 10.1. The third-order valence-corrected chi connectivity index (χ3v) is 5.48. The Morgan fingerprint density at radius 3 is 2.28 bits per heavy atom. The maximum Gasteiger partial charge on any atom is 0.162 e. The Labute approximate surface area is 170 Å². The molecular formula is C23H24N6. The van der Waals surface area contributed by atoms with Crippen LogP contribution in [0.1, 0.15) is 11.3 Å². The van der Waals surface area contributed by atoms with Crippen LogP contribution in [-0.2, 0) is 13.1 Å². The Hall–Kier alpha value is -3.09. The number of fused-ring (bicyclic) bond motifs is 1. The van der Waals surface area contributed by atoms with E-state index >= 15 is 0 Å². The molecule has 1 aromatic carbocycles. The fourth-order valence-electron chi connectivity index (χ4n) is 3.90. The number of aromatic nitrogens is 4. The fraction of sp³-hybridized carbons (Fsp3) is 0.261. The minimum Gasteiger partial charge on any atom is -0.296 e. The number of pyridine rings is 1. The molecule has 5 rings (SSSR count). The summed E-state index contributed by atoms with van der Waals surface area (Å²) in [6.45, 7) is 6.06. The molecule has 146 valence electrons. The van der Waals surface area contributed by atoms with Crippen LogP contribution in [0, 0.1) is 0 Å². The van der Waals surface area contributed by atoms with Gasteiger partial charge in [-0.3, -0.25) is 14.8 Å². The van der Waals surface area contributed by atoms with Crippen molar-refractivity contribution in [1.29, 1.82) is 0 Å². The predicted octanol–water partition coefficient (Wildman–Crippen LogP) is 3.11. The van der Waals surface area contributed by atoms with Crippen LogP contribution in [0.5, 0.6) is 0 Å². The van der Waals surface area contributed by atoms with Crippen LogP contribution in [0.25, 0.3) is 16.8 Å². The summed E-state index contributed by atoms with van der Waals surface area (Å²) in [6, 6.07) is 16.4. The zero-order valence-electron chi connectivity index (χ0n) is 16.4. The number of rotatable bonds is 5. The number of hydrogen-bond donors (Lipinski definition) is 0. The molecule has 0 aliphatic carbocycles. The highest BCUT2D eigenvalue weighted by atomic mass is 15.3. The predicted molar refractivity (Wildman–Crippen MR) is 113 cm³/mol. The molecule has 0 amide bonds. The van der Waals surface area contributed by atoms with E-state index in [-0.39, 0.29) is 0 Å². The Morgan fingerprint density at radius 1 is 0.759 bits per heavy atom. The van der Waals surface area contributed by atoms with Crippen molar-refractivity contribution in [2.45, 2.75) is 13.1 Å². The molecule has 1 fully saturated rings. The third kappa shape index (κ3) is 4.04. The van der Waals surface area contributed by atoms with Crippen LogP contribution in [0.3, 0.4) is 0 Å². The molecule has 1 aliphatic heterocycles. The van der Waals surface area contributed by atoms with E-state index in [1.54, 1.807) is 0 Å². The molecule has 0 N–H and O–H groups in total. The van der Waals surface area contributed by atoms with Crippen LogP contribution in [0.15, 0.2) is 73.3 Å². The molecule has 0 unspecified atom stereocenters. The van der Waals surface area contributed by atoms with Gasteiger partial charge in [-0.05, 0) is 17.7 Å². The summed E-state index contributed by atoms with van der Waals surface area (Å²) in [5.74, 6) is 0. The summed E-state index contributed by atoms with van der Waals surface area (Å²) in [5, 5.41) is 4.53. The van der Waals surface area contributed by atoms with Gasteiger partial charge in [0.15, 0.2) is 5.65 Å². The lowest BCUT2D eigenvalue weighted by Crippen LogP contribution is -2.45. The van der Waals surface area contributed by atoms with Crippen molar-refractivity contribution in [3.63, 3.8) is 0 Å². The van der Waals surface area contributed by atoms with E-state index in [0.29, 0.717) is 0 Å². The van der Waals surface area contributed by atoms with Gasteiger partial charge in [0, 0.05) is 69.0 Å². The minimum atomic E-state index is 0.903. The van der Waals surface area contributed by atoms with Crippen LogP contribution < -0.4 is 0 Å². The van der Waals surface area contributed by atoms with Gasteiger partial charge in [0.25, 0.3) is 0 Å². The van der Waals surface area contributed by atoms with Gasteiger partial charge in [0.2, 0.25) is 0 Å². The summed E-state index contributed by atoms with van der Waals surface area (Å²) in [7, 11) is 0. The van der Waals surface area contributed by atoms with Gasteiger partial charge in [0.1, 0.15) is 0 Å². The first-order valence-corrected chi connectivity index (χ1v) is 10.1.